The zero-order chi connectivity index (χ0) is 26.0. The largest absolute Gasteiger partial charge is 0.297 e. The van der Waals surface area contributed by atoms with Crippen LogP contribution in [0.2, 0.25) is 0 Å². The summed E-state index contributed by atoms with van der Waals surface area (Å²) in [5.74, 6) is 0.529. The number of unbranched alkanes of at least 4 members (excludes halogenated alkanes) is 1. The second-order valence-corrected chi connectivity index (χ2v) is 12.4. The molecule has 0 spiro atoms. The van der Waals surface area contributed by atoms with Crippen LogP contribution in [0.5, 0.6) is 0 Å². The minimum Gasteiger partial charge on any atom is -0.297 e. The van der Waals surface area contributed by atoms with Gasteiger partial charge in [-0.1, -0.05) is 60.7 Å². The highest BCUT2D eigenvalue weighted by atomic mass is 32.2. The topological polar surface area (TPSA) is 40.6 Å². The van der Waals surface area contributed by atoms with E-state index in [9.17, 15) is 8.42 Å². The molecule has 3 aromatic rings. The zero-order valence-electron chi connectivity index (χ0n) is 22.5. The molecule has 5 heteroatoms. The number of likely N-dealkylation sites (tertiary alicyclic amines) is 1. The third kappa shape index (κ3) is 5.15. The standard InChI is InChI=1S/C31H40N2O2S/c1-22-13-11-14-29(24(22)3)27-16-18-28(19-17-27)31-25(4)33(26(31)5)21-10-9-20-32(6)36(34,35)30-15-8-7-12-23(30)2/h7-8,11-19,25-26,31H,9-10,20-21H2,1-6H3. The van der Waals surface area contributed by atoms with Crippen LogP contribution >= 0.6 is 0 Å². The highest BCUT2D eigenvalue weighted by Crippen LogP contribution is 2.41. The predicted octanol–water partition coefficient (Wildman–Crippen LogP) is 6.56. The van der Waals surface area contributed by atoms with Crippen LogP contribution < -0.4 is 0 Å². The van der Waals surface area contributed by atoms with E-state index in [4.69, 9.17) is 0 Å². The molecule has 36 heavy (non-hydrogen) atoms. The maximum Gasteiger partial charge on any atom is 0.243 e. The van der Waals surface area contributed by atoms with E-state index in [1.807, 2.05) is 19.1 Å². The Kier molecular flexibility index (Phi) is 8.03. The van der Waals surface area contributed by atoms with Gasteiger partial charge in [0.15, 0.2) is 0 Å². The van der Waals surface area contributed by atoms with Crippen molar-refractivity contribution in [3.05, 3.63) is 89.0 Å². The third-order valence-electron chi connectivity index (χ3n) is 8.22. The van der Waals surface area contributed by atoms with Crippen LogP contribution in [0.1, 0.15) is 54.9 Å². The summed E-state index contributed by atoms with van der Waals surface area (Å²) in [7, 11) is -1.75. The lowest BCUT2D eigenvalue weighted by atomic mass is 9.76. The van der Waals surface area contributed by atoms with E-state index in [1.54, 1.807) is 19.2 Å². The summed E-state index contributed by atoms with van der Waals surface area (Å²) in [6.07, 6.45) is 1.84. The molecule has 2 atom stereocenters. The Morgan fingerprint density at radius 1 is 0.806 bits per heavy atom. The van der Waals surface area contributed by atoms with Crippen LogP contribution in [0.4, 0.5) is 0 Å². The van der Waals surface area contributed by atoms with Crippen molar-refractivity contribution in [1.82, 2.24) is 9.21 Å². The van der Waals surface area contributed by atoms with Gasteiger partial charge < -0.3 is 0 Å². The molecule has 0 N–H and O–H groups in total. The molecule has 2 unspecified atom stereocenters. The number of rotatable bonds is 9. The van der Waals surface area contributed by atoms with Crippen molar-refractivity contribution in [3.63, 3.8) is 0 Å². The lowest BCUT2D eigenvalue weighted by molar-refractivity contribution is 0.00562. The Hall–Kier alpha value is -2.47. The molecular weight excluding hydrogens is 464 g/mol. The van der Waals surface area contributed by atoms with Crippen molar-refractivity contribution in [3.8, 4) is 11.1 Å². The number of sulfonamides is 1. The van der Waals surface area contributed by atoms with Gasteiger partial charge in [-0.2, -0.15) is 0 Å². The summed E-state index contributed by atoms with van der Waals surface area (Å²) in [6, 6.07) is 23.8. The minimum absolute atomic E-state index is 0.406. The summed E-state index contributed by atoms with van der Waals surface area (Å²) in [6.45, 7) is 12.4. The van der Waals surface area contributed by atoms with E-state index in [1.165, 1.54) is 32.1 Å². The highest BCUT2D eigenvalue weighted by Gasteiger charge is 2.42. The zero-order valence-corrected chi connectivity index (χ0v) is 23.3. The summed E-state index contributed by atoms with van der Waals surface area (Å²) >= 11 is 0. The van der Waals surface area contributed by atoms with Gasteiger partial charge in [0.05, 0.1) is 4.90 Å². The van der Waals surface area contributed by atoms with Gasteiger partial charge in [-0.15, -0.1) is 0 Å². The maximum atomic E-state index is 12.9. The Morgan fingerprint density at radius 3 is 2.11 bits per heavy atom. The number of aryl methyl sites for hydroxylation is 2. The predicted molar refractivity (Wildman–Crippen MR) is 150 cm³/mol. The first-order valence-corrected chi connectivity index (χ1v) is 14.5. The molecule has 1 aliphatic rings. The van der Waals surface area contributed by atoms with Gasteiger partial charge in [0.1, 0.15) is 0 Å². The number of nitrogens with zero attached hydrogens (tertiary/aromatic N) is 2. The summed E-state index contributed by atoms with van der Waals surface area (Å²) in [5.41, 5.74) is 7.46. The quantitative estimate of drug-likeness (QED) is 0.310. The van der Waals surface area contributed by atoms with Crippen molar-refractivity contribution >= 4 is 10.0 Å². The van der Waals surface area contributed by atoms with Gasteiger partial charge in [0, 0.05) is 31.6 Å². The van der Waals surface area contributed by atoms with E-state index in [0.717, 1.165) is 24.9 Å². The van der Waals surface area contributed by atoms with Gasteiger partial charge in [-0.05, 0) is 93.5 Å². The van der Waals surface area contributed by atoms with Crippen LogP contribution in [-0.4, -0.2) is 49.8 Å². The fourth-order valence-electron chi connectivity index (χ4n) is 5.76. The van der Waals surface area contributed by atoms with Crippen molar-refractivity contribution in [2.24, 2.45) is 0 Å². The minimum atomic E-state index is -3.44. The Bertz CT molecular complexity index is 1290. The fourth-order valence-corrected chi connectivity index (χ4v) is 7.19. The first kappa shape index (κ1) is 26.6. The number of benzene rings is 3. The first-order chi connectivity index (χ1) is 17.1. The molecule has 3 aromatic carbocycles. The van der Waals surface area contributed by atoms with Gasteiger partial charge in [0.25, 0.3) is 0 Å². The molecule has 0 bridgehead atoms. The lowest BCUT2D eigenvalue weighted by Gasteiger charge is -2.53. The summed E-state index contributed by atoms with van der Waals surface area (Å²) < 4.78 is 27.3. The fraction of sp³-hybridized carbons (Fsp3) is 0.419. The molecule has 1 aliphatic heterocycles. The second kappa shape index (κ2) is 10.9. The Labute approximate surface area is 218 Å². The molecule has 1 saturated heterocycles. The molecule has 1 fully saturated rings. The Morgan fingerprint density at radius 2 is 1.44 bits per heavy atom. The van der Waals surface area contributed by atoms with E-state index in [-0.39, 0.29) is 0 Å². The summed E-state index contributed by atoms with van der Waals surface area (Å²) in [5, 5.41) is 0. The number of hydrogen-bond acceptors (Lipinski definition) is 3. The van der Waals surface area contributed by atoms with Crippen LogP contribution in [-0.2, 0) is 10.0 Å². The molecule has 0 amide bonds. The average molecular weight is 505 g/mol. The van der Waals surface area contributed by atoms with Crippen molar-refractivity contribution in [2.45, 2.75) is 70.4 Å². The lowest BCUT2D eigenvalue weighted by Crippen LogP contribution is -2.59. The van der Waals surface area contributed by atoms with Gasteiger partial charge in [-0.25, -0.2) is 12.7 Å². The molecule has 4 nitrogen and oxygen atoms in total. The van der Waals surface area contributed by atoms with Crippen LogP contribution in [0.15, 0.2) is 71.6 Å². The molecule has 0 aromatic heterocycles. The third-order valence-corrected chi connectivity index (χ3v) is 10.2. The van der Waals surface area contributed by atoms with Gasteiger partial charge in [0.2, 0.25) is 10.0 Å². The van der Waals surface area contributed by atoms with Crippen molar-refractivity contribution in [1.29, 1.82) is 0 Å². The average Bonchev–Trinajstić information content (AvgIpc) is 2.86. The van der Waals surface area contributed by atoms with Crippen LogP contribution in [0, 0.1) is 20.8 Å². The Balaban J connectivity index is 1.30. The van der Waals surface area contributed by atoms with E-state index >= 15 is 0 Å². The molecule has 0 saturated carbocycles. The van der Waals surface area contributed by atoms with Crippen molar-refractivity contribution in [2.75, 3.05) is 20.1 Å². The molecular formula is C31H40N2O2S. The number of hydrogen-bond donors (Lipinski definition) is 0. The molecule has 0 aliphatic carbocycles. The van der Waals surface area contributed by atoms with E-state index < -0.39 is 10.0 Å². The normalized spacial score (nSPS) is 20.5. The molecule has 0 radical (unpaired) electrons. The van der Waals surface area contributed by atoms with E-state index in [2.05, 4.69) is 75.1 Å². The molecule has 4 rings (SSSR count). The maximum absolute atomic E-state index is 12.9. The SMILES string of the molecule is Cc1ccccc1S(=O)(=O)N(C)CCCCN1C(C)C(c2ccc(-c3cccc(C)c3C)cc2)C1C. The van der Waals surface area contributed by atoms with E-state index in [0.29, 0.717) is 29.4 Å². The monoisotopic (exact) mass is 504 g/mol. The second-order valence-electron chi connectivity index (χ2n) is 10.4. The van der Waals surface area contributed by atoms with Gasteiger partial charge in [-0.3, -0.25) is 4.90 Å². The smallest absolute Gasteiger partial charge is 0.243 e. The van der Waals surface area contributed by atoms with Crippen molar-refractivity contribution < 1.29 is 8.42 Å². The van der Waals surface area contributed by atoms with Crippen LogP contribution in [0.25, 0.3) is 11.1 Å². The first-order valence-electron chi connectivity index (χ1n) is 13.1. The molecule has 192 valence electrons. The van der Waals surface area contributed by atoms with Gasteiger partial charge >= 0.3 is 0 Å². The highest BCUT2D eigenvalue weighted by molar-refractivity contribution is 7.89. The summed E-state index contributed by atoms with van der Waals surface area (Å²) in [4.78, 5) is 2.96. The van der Waals surface area contributed by atoms with Crippen LogP contribution in [0.3, 0.4) is 0 Å². The molecule has 1 heterocycles.